The summed E-state index contributed by atoms with van der Waals surface area (Å²) in [6, 6.07) is -1.15. The van der Waals surface area contributed by atoms with E-state index in [1.165, 1.54) is 0 Å². The number of aliphatic carboxylic acids is 1. The lowest BCUT2D eigenvalue weighted by Gasteiger charge is -2.27. The van der Waals surface area contributed by atoms with E-state index in [2.05, 4.69) is 5.32 Å². The van der Waals surface area contributed by atoms with E-state index in [1.54, 1.807) is 13.8 Å². The molecule has 0 rings (SSSR count). The van der Waals surface area contributed by atoms with E-state index < -0.39 is 37.7 Å². The first-order valence-corrected chi connectivity index (χ1v) is 5.50. The van der Waals surface area contributed by atoms with E-state index in [-0.39, 0.29) is 6.04 Å². The summed E-state index contributed by atoms with van der Waals surface area (Å²) in [5.41, 5.74) is 0. The molecule has 0 aliphatic rings. The first-order valence-electron chi connectivity index (χ1n) is 5.50. The lowest BCUT2D eigenvalue weighted by molar-refractivity contribution is -0.138. The minimum absolute atomic E-state index is 0.355. The third kappa shape index (κ3) is 6.97. The maximum atomic E-state index is 11.9. The number of carboxylic acid groups (broad SMARTS) is 1. The molecule has 0 heterocycles. The van der Waals surface area contributed by atoms with E-state index in [0.29, 0.717) is 6.42 Å². The summed E-state index contributed by atoms with van der Waals surface area (Å²) in [7, 11) is 0. The predicted octanol–water partition coefficient (Wildman–Crippen LogP) is 1.83. The molecule has 0 aromatic heterocycles. The van der Waals surface area contributed by atoms with Crippen molar-refractivity contribution in [3.63, 3.8) is 0 Å². The lowest BCUT2D eigenvalue weighted by Crippen LogP contribution is -2.47. The molecule has 1 unspecified atom stereocenters. The van der Waals surface area contributed by atoms with Crippen LogP contribution in [0.15, 0.2) is 0 Å². The standard InChI is InChI=1S/C10H17F3N2O3/c1-3-7(2)15(6-8(16)17)9(18)14-5-4-10(11,12)13/h7H,3-6H2,1-2H3,(H,14,18)(H,16,17). The van der Waals surface area contributed by atoms with Crippen LogP contribution in [0.25, 0.3) is 0 Å². The maximum absolute atomic E-state index is 11.9. The normalized spacial score (nSPS) is 12.9. The highest BCUT2D eigenvalue weighted by molar-refractivity contribution is 5.80. The van der Waals surface area contributed by atoms with Crippen LogP contribution in [-0.2, 0) is 4.79 Å². The Bertz CT molecular complexity index is 295. The van der Waals surface area contributed by atoms with Crippen molar-refractivity contribution in [1.29, 1.82) is 0 Å². The molecule has 18 heavy (non-hydrogen) atoms. The lowest BCUT2D eigenvalue weighted by atomic mass is 10.2. The molecule has 0 aliphatic heterocycles. The van der Waals surface area contributed by atoms with Crippen LogP contribution in [0.3, 0.4) is 0 Å². The number of rotatable bonds is 6. The van der Waals surface area contributed by atoms with Crippen LogP contribution >= 0.6 is 0 Å². The number of carbonyl (C=O) groups excluding carboxylic acids is 1. The smallest absolute Gasteiger partial charge is 0.390 e. The van der Waals surface area contributed by atoms with E-state index in [9.17, 15) is 22.8 Å². The molecule has 2 amide bonds. The van der Waals surface area contributed by atoms with Gasteiger partial charge in [0.1, 0.15) is 6.54 Å². The predicted molar refractivity (Wildman–Crippen MR) is 58.2 cm³/mol. The molecule has 0 aromatic carbocycles. The zero-order valence-electron chi connectivity index (χ0n) is 10.3. The summed E-state index contributed by atoms with van der Waals surface area (Å²) in [6.07, 6.45) is -4.97. The number of alkyl halides is 3. The Kier molecular flexibility index (Phi) is 6.50. The molecular weight excluding hydrogens is 253 g/mol. The second-order valence-electron chi connectivity index (χ2n) is 3.88. The Morgan fingerprint density at radius 1 is 1.39 bits per heavy atom. The number of nitrogens with zero attached hydrogens (tertiary/aromatic N) is 1. The Labute approximate surface area is 103 Å². The Balaban J connectivity index is 4.34. The van der Waals surface area contributed by atoms with Gasteiger partial charge < -0.3 is 15.3 Å². The highest BCUT2D eigenvalue weighted by atomic mass is 19.4. The van der Waals surface area contributed by atoms with Crippen LogP contribution in [0.5, 0.6) is 0 Å². The van der Waals surface area contributed by atoms with Crippen molar-refractivity contribution in [2.45, 2.75) is 38.9 Å². The minimum Gasteiger partial charge on any atom is -0.480 e. The molecular formula is C10H17F3N2O3. The van der Waals surface area contributed by atoms with Gasteiger partial charge in [-0.1, -0.05) is 6.92 Å². The number of hydrogen-bond acceptors (Lipinski definition) is 2. The molecule has 1 atom stereocenters. The first kappa shape index (κ1) is 16.5. The summed E-state index contributed by atoms with van der Waals surface area (Å²) in [5, 5.41) is 10.7. The largest absolute Gasteiger partial charge is 0.480 e. The fraction of sp³-hybridized carbons (Fsp3) is 0.800. The van der Waals surface area contributed by atoms with Crippen LogP contribution in [0.1, 0.15) is 26.7 Å². The second-order valence-corrected chi connectivity index (χ2v) is 3.88. The topological polar surface area (TPSA) is 69.6 Å². The van der Waals surface area contributed by atoms with E-state index in [0.717, 1.165) is 4.90 Å². The van der Waals surface area contributed by atoms with E-state index >= 15 is 0 Å². The average Bonchev–Trinajstić information content (AvgIpc) is 2.22. The molecule has 106 valence electrons. The van der Waals surface area contributed by atoms with Crippen LogP contribution in [0, 0.1) is 0 Å². The Morgan fingerprint density at radius 2 is 1.94 bits per heavy atom. The van der Waals surface area contributed by atoms with Gasteiger partial charge in [-0.05, 0) is 13.3 Å². The number of carboxylic acids is 1. The van der Waals surface area contributed by atoms with Crippen molar-refractivity contribution < 1.29 is 27.9 Å². The SMILES string of the molecule is CCC(C)N(CC(=O)O)C(=O)NCCC(F)(F)F. The fourth-order valence-corrected chi connectivity index (χ4v) is 1.21. The maximum Gasteiger partial charge on any atom is 0.390 e. The van der Waals surface area contributed by atoms with E-state index in [4.69, 9.17) is 5.11 Å². The Hall–Kier alpha value is -1.47. The van der Waals surface area contributed by atoms with Gasteiger partial charge in [0.2, 0.25) is 0 Å². The average molecular weight is 270 g/mol. The van der Waals surface area contributed by atoms with Crippen molar-refractivity contribution in [3.8, 4) is 0 Å². The van der Waals surface area contributed by atoms with Gasteiger partial charge in [0.15, 0.2) is 0 Å². The summed E-state index contributed by atoms with van der Waals surface area (Å²) >= 11 is 0. The first-order chi connectivity index (χ1) is 8.17. The van der Waals surface area contributed by atoms with Crippen molar-refractivity contribution in [2.75, 3.05) is 13.1 Å². The molecule has 0 saturated carbocycles. The van der Waals surface area contributed by atoms with Gasteiger partial charge in [0.25, 0.3) is 0 Å². The van der Waals surface area contributed by atoms with Crippen LogP contribution in [0.2, 0.25) is 0 Å². The van der Waals surface area contributed by atoms with Crippen LogP contribution < -0.4 is 5.32 Å². The zero-order chi connectivity index (χ0) is 14.3. The number of amides is 2. The van der Waals surface area contributed by atoms with Gasteiger partial charge in [-0.25, -0.2) is 4.79 Å². The molecule has 0 spiro atoms. The molecule has 0 fully saturated rings. The molecule has 0 aromatic rings. The quantitative estimate of drug-likeness (QED) is 0.773. The second kappa shape index (κ2) is 7.07. The van der Waals surface area contributed by atoms with Gasteiger partial charge in [0.05, 0.1) is 6.42 Å². The van der Waals surface area contributed by atoms with Crippen molar-refractivity contribution in [1.82, 2.24) is 10.2 Å². The summed E-state index contributed by atoms with van der Waals surface area (Å²) in [5.74, 6) is -1.21. The number of urea groups is 1. The van der Waals surface area contributed by atoms with Crippen molar-refractivity contribution >= 4 is 12.0 Å². The number of nitrogens with one attached hydrogen (secondary N) is 1. The zero-order valence-corrected chi connectivity index (χ0v) is 10.3. The Morgan fingerprint density at radius 3 is 2.33 bits per heavy atom. The van der Waals surface area contributed by atoms with E-state index in [1.807, 2.05) is 0 Å². The molecule has 0 radical (unpaired) electrons. The fourth-order valence-electron chi connectivity index (χ4n) is 1.21. The molecule has 2 N–H and O–H groups in total. The van der Waals surface area contributed by atoms with Crippen molar-refractivity contribution in [2.24, 2.45) is 0 Å². The minimum atomic E-state index is -4.35. The summed E-state index contributed by atoms with van der Waals surface area (Å²) in [6.45, 7) is 2.29. The van der Waals surface area contributed by atoms with Gasteiger partial charge in [-0.15, -0.1) is 0 Å². The molecule has 0 aliphatic carbocycles. The van der Waals surface area contributed by atoms with Gasteiger partial charge in [0, 0.05) is 12.6 Å². The molecule has 5 nitrogen and oxygen atoms in total. The number of halogens is 3. The number of carbonyl (C=O) groups is 2. The van der Waals surface area contributed by atoms with Gasteiger partial charge in [-0.2, -0.15) is 13.2 Å². The van der Waals surface area contributed by atoms with Crippen molar-refractivity contribution in [3.05, 3.63) is 0 Å². The highest BCUT2D eigenvalue weighted by Gasteiger charge is 2.28. The van der Waals surface area contributed by atoms with Gasteiger partial charge >= 0.3 is 18.2 Å². The third-order valence-electron chi connectivity index (χ3n) is 2.37. The molecule has 0 bridgehead atoms. The number of hydrogen-bond donors (Lipinski definition) is 2. The molecule has 0 saturated heterocycles. The van der Waals surface area contributed by atoms with Gasteiger partial charge in [-0.3, -0.25) is 4.79 Å². The highest BCUT2D eigenvalue weighted by Crippen LogP contribution is 2.18. The summed E-state index contributed by atoms with van der Waals surface area (Å²) in [4.78, 5) is 23.1. The third-order valence-corrected chi connectivity index (χ3v) is 2.37. The summed E-state index contributed by atoms with van der Waals surface area (Å²) < 4.78 is 35.6. The monoisotopic (exact) mass is 270 g/mol. The van der Waals surface area contributed by atoms with Crippen LogP contribution in [-0.4, -0.2) is 47.3 Å². The molecule has 8 heteroatoms. The van der Waals surface area contributed by atoms with Crippen LogP contribution in [0.4, 0.5) is 18.0 Å².